The largest absolute Gasteiger partial charge is 0.454 e. The number of hydrogen-bond donors (Lipinski definition) is 2. The molecule has 0 aliphatic carbocycles. The molecule has 0 spiro atoms. The Kier molecular flexibility index (Phi) is 4.10. The van der Waals surface area contributed by atoms with Crippen molar-refractivity contribution in [3.63, 3.8) is 0 Å². The summed E-state index contributed by atoms with van der Waals surface area (Å²) in [5, 5.41) is 12.4. The Hall–Kier alpha value is -2.27. The van der Waals surface area contributed by atoms with E-state index in [1.165, 1.54) is 6.20 Å². The summed E-state index contributed by atoms with van der Waals surface area (Å²) in [6.45, 7) is 3.79. The molecule has 1 aromatic heterocycles. The molecule has 3 N–H and O–H groups in total. The Balaban J connectivity index is 2.46. The van der Waals surface area contributed by atoms with E-state index >= 15 is 0 Å². The SMILES string of the molecule is Cc1cc(Cl)cc(C)c1Oc1cnccc1/C(N)=N/O. The van der Waals surface area contributed by atoms with Gasteiger partial charge in [-0.3, -0.25) is 4.98 Å². The van der Waals surface area contributed by atoms with Gasteiger partial charge in [0.25, 0.3) is 0 Å². The zero-order valence-electron chi connectivity index (χ0n) is 11.1. The van der Waals surface area contributed by atoms with Gasteiger partial charge in [-0.05, 0) is 43.2 Å². The minimum Gasteiger partial charge on any atom is -0.454 e. The molecule has 0 fully saturated rings. The van der Waals surface area contributed by atoms with Gasteiger partial charge < -0.3 is 15.7 Å². The number of rotatable bonds is 3. The lowest BCUT2D eigenvalue weighted by Gasteiger charge is -2.14. The maximum absolute atomic E-state index is 8.79. The summed E-state index contributed by atoms with van der Waals surface area (Å²) in [6, 6.07) is 5.23. The first-order valence-corrected chi connectivity index (χ1v) is 6.27. The lowest BCUT2D eigenvalue weighted by Crippen LogP contribution is -2.14. The van der Waals surface area contributed by atoms with Gasteiger partial charge in [0.1, 0.15) is 5.75 Å². The molecule has 0 radical (unpaired) electrons. The van der Waals surface area contributed by atoms with Crippen molar-refractivity contribution >= 4 is 17.4 Å². The molecule has 6 heteroatoms. The van der Waals surface area contributed by atoms with Crippen LogP contribution in [0, 0.1) is 13.8 Å². The first-order valence-electron chi connectivity index (χ1n) is 5.89. The average molecular weight is 292 g/mol. The van der Waals surface area contributed by atoms with Gasteiger partial charge in [0, 0.05) is 11.2 Å². The minimum atomic E-state index is -0.0355. The standard InChI is InChI=1S/C14H14ClN3O2/c1-8-5-10(15)6-9(2)13(8)20-12-7-17-4-3-11(12)14(16)18-19/h3-7,19H,1-2H3,(H2,16,18). The van der Waals surface area contributed by atoms with Crippen LogP contribution in [0.3, 0.4) is 0 Å². The van der Waals surface area contributed by atoms with E-state index in [0.29, 0.717) is 22.1 Å². The maximum atomic E-state index is 8.79. The van der Waals surface area contributed by atoms with Gasteiger partial charge in [0.05, 0.1) is 11.8 Å². The van der Waals surface area contributed by atoms with E-state index in [1.54, 1.807) is 12.3 Å². The van der Waals surface area contributed by atoms with Crippen LogP contribution in [0.4, 0.5) is 0 Å². The molecule has 0 saturated carbocycles. The monoisotopic (exact) mass is 291 g/mol. The highest BCUT2D eigenvalue weighted by molar-refractivity contribution is 6.30. The van der Waals surface area contributed by atoms with E-state index in [2.05, 4.69) is 10.1 Å². The predicted molar refractivity (Wildman–Crippen MR) is 77.7 cm³/mol. The molecule has 2 rings (SSSR count). The number of amidine groups is 1. The molecular formula is C14H14ClN3O2. The molecule has 0 unspecified atom stereocenters. The fourth-order valence-electron chi connectivity index (χ4n) is 1.90. The number of nitrogens with zero attached hydrogens (tertiary/aromatic N) is 2. The van der Waals surface area contributed by atoms with Gasteiger partial charge in [-0.25, -0.2) is 0 Å². The van der Waals surface area contributed by atoms with Crippen molar-refractivity contribution in [2.24, 2.45) is 10.9 Å². The van der Waals surface area contributed by atoms with Crippen molar-refractivity contribution in [2.45, 2.75) is 13.8 Å². The summed E-state index contributed by atoms with van der Waals surface area (Å²) in [5.74, 6) is 1.05. The number of ether oxygens (including phenoxy) is 1. The molecule has 2 aromatic rings. The fraction of sp³-hybridized carbons (Fsp3) is 0.143. The quantitative estimate of drug-likeness (QED) is 0.394. The Morgan fingerprint density at radius 1 is 1.35 bits per heavy atom. The van der Waals surface area contributed by atoms with Crippen LogP contribution in [-0.2, 0) is 0 Å². The van der Waals surface area contributed by atoms with Gasteiger partial charge in [-0.2, -0.15) is 0 Å². The summed E-state index contributed by atoms with van der Waals surface area (Å²) in [5.41, 5.74) is 7.87. The second-order valence-electron chi connectivity index (χ2n) is 4.33. The van der Waals surface area contributed by atoms with Crippen LogP contribution in [0.5, 0.6) is 11.5 Å². The Bertz CT molecular complexity index is 648. The van der Waals surface area contributed by atoms with Crippen LogP contribution < -0.4 is 10.5 Å². The molecular weight excluding hydrogens is 278 g/mol. The highest BCUT2D eigenvalue weighted by Gasteiger charge is 2.12. The minimum absolute atomic E-state index is 0.0355. The molecule has 5 nitrogen and oxygen atoms in total. The summed E-state index contributed by atoms with van der Waals surface area (Å²) in [6.07, 6.45) is 3.06. The van der Waals surface area contributed by atoms with Gasteiger partial charge >= 0.3 is 0 Å². The van der Waals surface area contributed by atoms with Gasteiger partial charge in [0.15, 0.2) is 11.6 Å². The maximum Gasteiger partial charge on any atom is 0.173 e. The molecule has 0 amide bonds. The van der Waals surface area contributed by atoms with Crippen molar-refractivity contribution < 1.29 is 9.94 Å². The first-order chi connectivity index (χ1) is 9.52. The molecule has 1 heterocycles. The zero-order chi connectivity index (χ0) is 14.7. The lowest BCUT2D eigenvalue weighted by atomic mass is 10.1. The number of benzene rings is 1. The molecule has 104 valence electrons. The Labute approximate surface area is 121 Å². The van der Waals surface area contributed by atoms with E-state index in [0.717, 1.165) is 11.1 Å². The third-order valence-electron chi connectivity index (χ3n) is 2.81. The van der Waals surface area contributed by atoms with Crippen molar-refractivity contribution in [1.82, 2.24) is 4.98 Å². The topological polar surface area (TPSA) is 80.7 Å². The number of pyridine rings is 1. The van der Waals surface area contributed by atoms with Gasteiger partial charge in [-0.15, -0.1) is 0 Å². The number of halogens is 1. The zero-order valence-corrected chi connectivity index (χ0v) is 11.8. The van der Waals surface area contributed by atoms with Gasteiger partial charge in [-0.1, -0.05) is 16.8 Å². The van der Waals surface area contributed by atoms with E-state index in [4.69, 9.17) is 27.3 Å². The van der Waals surface area contributed by atoms with E-state index in [-0.39, 0.29) is 5.84 Å². The summed E-state index contributed by atoms with van der Waals surface area (Å²) in [7, 11) is 0. The van der Waals surface area contributed by atoms with Gasteiger partial charge in [0.2, 0.25) is 0 Å². The first kappa shape index (κ1) is 14.1. The van der Waals surface area contributed by atoms with Crippen LogP contribution >= 0.6 is 11.6 Å². The smallest absolute Gasteiger partial charge is 0.173 e. The molecule has 0 aliphatic heterocycles. The third-order valence-corrected chi connectivity index (χ3v) is 3.02. The normalized spacial score (nSPS) is 11.4. The summed E-state index contributed by atoms with van der Waals surface area (Å²) in [4.78, 5) is 3.99. The summed E-state index contributed by atoms with van der Waals surface area (Å²) < 4.78 is 5.86. The Morgan fingerprint density at radius 3 is 2.60 bits per heavy atom. The Morgan fingerprint density at radius 2 is 2.00 bits per heavy atom. The van der Waals surface area contributed by atoms with E-state index in [9.17, 15) is 0 Å². The highest BCUT2D eigenvalue weighted by atomic mass is 35.5. The number of aryl methyl sites for hydroxylation is 2. The third kappa shape index (κ3) is 2.83. The van der Waals surface area contributed by atoms with E-state index < -0.39 is 0 Å². The van der Waals surface area contributed by atoms with Crippen LogP contribution in [0.1, 0.15) is 16.7 Å². The second-order valence-corrected chi connectivity index (χ2v) is 4.76. The van der Waals surface area contributed by atoms with Crippen molar-refractivity contribution in [2.75, 3.05) is 0 Å². The highest BCUT2D eigenvalue weighted by Crippen LogP contribution is 2.32. The molecule has 0 aliphatic rings. The van der Waals surface area contributed by atoms with Crippen LogP contribution in [0.2, 0.25) is 5.02 Å². The van der Waals surface area contributed by atoms with Crippen molar-refractivity contribution in [1.29, 1.82) is 0 Å². The molecule has 20 heavy (non-hydrogen) atoms. The van der Waals surface area contributed by atoms with Crippen molar-refractivity contribution in [3.8, 4) is 11.5 Å². The molecule has 0 atom stereocenters. The summed E-state index contributed by atoms with van der Waals surface area (Å²) >= 11 is 5.99. The predicted octanol–water partition coefficient (Wildman–Crippen LogP) is 3.24. The lowest BCUT2D eigenvalue weighted by molar-refractivity contribution is 0.318. The molecule has 0 saturated heterocycles. The fourth-order valence-corrected chi connectivity index (χ4v) is 2.22. The van der Waals surface area contributed by atoms with Crippen LogP contribution in [0.15, 0.2) is 35.7 Å². The number of nitrogens with two attached hydrogens (primary N) is 1. The number of aromatic nitrogens is 1. The van der Waals surface area contributed by atoms with Crippen LogP contribution in [0.25, 0.3) is 0 Å². The average Bonchev–Trinajstić information content (AvgIpc) is 2.42. The number of oxime groups is 1. The van der Waals surface area contributed by atoms with E-state index in [1.807, 2.05) is 26.0 Å². The second kappa shape index (κ2) is 5.79. The number of hydrogen-bond acceptors (Lipinski definition) is 4. The molecule has 1 aromatic carbocycles. The molecule has 0 bridgehead atoms. The van der Waals surface area contributed by atoms with Crippen molar-refractivity contribution in [3.05, 3.63) is 52.3 Å². The van der Waals surface area contributed by atoms with Crippen LogP contribution in [-0.4, -0.2) is 16.0 Å².